The molecule has 0 aliphatic rings. The van der Waals surface area contributed by atoms with E-state index in [1.54, 1.807) is 24.7 Å². The minimum absolute atomic E-state index is 0.516. The lowest BCUT2D eigenvalue weighted by atomic mass is 10.1. The van der Waals surface area contributed by atoms with Crippen LogP contribution in [-0.4, -0.2) is 20.5 Å². The van der Waals surface area contributed by atoms with Crippen molar-refractivity contribution in [1.29, 1.82) is 0 Å². The van der Waals surface area contributed by atoms with Gasteiger partial charge in [-0.25, -0.2) is 0 Å². The largest absolute Gasteiger partial charge is 0.390 e. The maximum absolute atomic E-state index is 9.48. The number of rotatable bonds is 4. The van der Waals surface area contributed by atoms with Gasteiger partial charge in [0, 0.05) is 24.8 Å². The second-order valence-corrected chi connectivity index (χ2v) is 3.88. The van der Waals surface area contributed by atoms with Crippen molar-refractivity contribution in [2.24, 2.45) is 5.73 Å². The van der Waals surface area contributed by atoms with Gasteiger partial charge in [0.15, 0.2) is 0 Å². The summed E-state index contributed by atoms with van der Waals surface area (Å²) in [5, 5.41) is 13.6. The summed E-state index contributed by atoms with van der Waals surface area (Å²) in [4.78, 5) is 0. The fourth-order valence-electron chi connectivity index (χ4n) is 1.02. The molecule has 3 N–H and O–H groups in total. The molecule has 0 unspecified atom stereocenters. The molecule has 0 bridgehead atoms. The Labute approximate surface area is 78.4 Å². The van der Waals surface area contributed by atoms with Crippen molar-refractivity contribution in [2.75, 3.05) is 0 Å². The first kappa shape index (κ1) is 10.2. The highest BCUT2D eigenvalue weighted by Crippen LogP contribution is 2.08. The zero-order valence-corrected chi connectivity index (χ0v) is 8.20. The van der Waals surface area contributed by atoms with Gasteiger partial charge in [0.1, 0.15) is 0 Å². The Morgan fingerprint density at radius 3 is 2.77 bits per heavy atom. The van der Waals surface area contributed by atoms with Crippen molar-refractivity contribution in [3.63, 3.8) is 0 Å². The number of hydrogen-bond donors (Lipinski definition) is 2. The highest BCUT2D eigenvalue weighted by molar-refractivity contribution is 5.02. The Hall–Kier alpha value is -0.870. The van der Waals surface area contributed by atoms with E-state index >= 15 is 0 Å². The third-order valence-electron chi connectivity index (χ3n) is 1.88. The summed E-state index contributed by atoms with van der Waals surface area (Å²) < 4.78 is 1.81. The molecule has 0 aliphatic heterocycles. The monoisotopic (exact) mass is 183 g/mol. The Morgan fingerprint density at radius 2 is 2.31 bits per heavy atom. The maximum atomic E-state index is 9.48. The predicted molar refractivity (Wildman–Crippen MR) is 51.0 cm³/mol. The van der Waals surface area contributed by atoms with Gasteiger partial charge >= 0.3 is 0 Å². The smallest absolute Gasteiger partial charge is 0.0609 e. The van der Waals surface area contributed by atoms with Gasteiger partial charge in [0.05, 0.1) is 11.8 Å². The molecule has 0 fully saturated rings. The van der Waals surface area contributed by atoms with Gasteiger partial charge in [-0.05, 0) is 20.3 Å². The predicted octanol–water partition coefficient (Wildman–Crippen LogP) is 0.503. The summed E-state index contributed by atoms with van der Waals surface area (Å²) in [6.07, 6.45) is 4.36. The van der Waals surface area contributed by atoms with Gasteiger partial charge in [0.25, 0.3) is 0 Å². The van der Waals surface area contributed by atoms with Crippen LogP contribution in [0.15, 0.2) is 12.4 Å². The summed E-state index contributed by atoms with van der Waals surface area (Å²) in [6, 6.07) is 0. The minimum atomic E-state index is -0.630. The molecule has 1 rings (SSSR count). The molecule has 0 radical (unpaired) electrons. The Balaban J connectivity index is 2.46. The van der Waals surface area contributed by atoms with Crippen molar-refractivity contribution in [3.8, 4) is 0 Å². The van der Waals surface area contributed by atoms with Crippen LogP contribution < -0.4 is 5.73 Å². The van der Waals surface area contributed by atoms with Crippen molar-refractivity contribution in [1.82, 2.24) is 9.78 Å². The van der Waals surface area contributed by atoms with Gasteiger partial charge in [-0.1, -0.05) is 0 Å². The van der Waals surface area contributed by atoms with Gasteiger partial charge in [-0.2, -0.15) is 5.10 Å². The Kier molecular flexibility index (Phi) is 3.06. The molecule has 4 heteroatoms. The number of hydrogen-bond acceptors (Lipinski definition) is 3. The molecule has 0 atom stereocenters. The van der Waals surface area contributed by atoms with Crippen molar-refractivity contribution < 1.29 is 5.11 Å². The van der Waals surface area contributed by atoms with Crippen LogP contribution in [0, 0.1) is 0 Å². The molecule has 4 nitrogen and oxygen atoms in total. The van der Waals surface area contributed by atoms with E-state index in [4.69, 9.17) is 5.73 Å². The van der Waals surface area contributed by atoms with E-state index in [9.17, 15) is 5.11 Å². The summed E-state index contributed by atoms with van der Waals surface area (Å²) in [7, 11) is 0. The van der Waals surface area contributed by atoms with E-state index in [1.165, 1.54) is 0 Å². The molecule has 74 valence electrons. The topological polar surface area (TPSA) is 64.1 Å². The number of nitrogens with two attached hydrogens (primary N) is 1. The van der Waals surface area contributed by atoms with Crippen molar-refractivity contribution >= 4 is 0 Å². The second kappa shape index (κ2) is 3.89. The molecule has 0 saturated heterocycles. The second-order valence-electron chi connectivity index (χ2n) is 3.88. The molecule has 0 aromatic carbocycles. The normalized spacial score (nSPS) is 12.0. The van der Waals surface area contributed by atoms with Crippen molar-refractivity contribution in [3.05, 3.63) is 18.0 Å². The molecule has 0 saturated carbocycles. The average molecular weight is 183 g/mol. The van der Waals surface area contributed by atoms with E-state index in [1.807, 2.05) is 6.20 Å². The molecule has 0 aliphatic carbocycles. The summed E-state index contributed by atoms with van der Waals surface area (Å²) in [5.74, 6) is 0. The number of aliphatic hydroxyl groups is 1. The lowest BCUT2D eigenvalue weighted by molar-refractivity contribution is 0.0651. The fourth-order valence-corrected chi connectivity index (χ4v) is 1.02. The van der Waals surface area contributed by atoms with Crippen molar-refractivity contribution in [2.45, 2.75) is 39.0 Å². The van der Waals surface area contributed by atoms with Gasteiger partial charge in [0.2, 0.25) is 0 Å². The molecule has 1 aromatic rings. The van der Waals surface area contributed by atoms with Crippen LogP contribution in [-0.2, 0) is 13.1 Å². The molecule has 1 aromatic heterocycles. The quantitative estimate of drug-likeness (QED) is 0.714. The van der Waals surface area contributed by atoms with E-state index < -0.39 is 5.60 Å². The SMILES string of the molecule is CC(C)(O)CCn1cc(CN)cn1. The van der Waals surface area contributed by atoms with E-state index in [2.05, 4.69) is 5.10 Å². The molecule has 0 amide bonds. The molecule has 0 spiro atoms. The Morgan fingerprint density at radius 1 is 1.62 bits per heavy atom. The van der Waals surface area contributed by atoms with Crippen LogP contribution in [0.4, 0.5) is 0 Å². The molecular weight excluding hydrogens is 166 g/mol. The number of aromatic nitrogens is 2. The lowest BCUT2D eigenvalue weighted by Gasteiger charge is -2.16. The van der Waals surface area contributed by atoms with Crippen LogP contribution in [0.2, 0.25) is 0 Å². The molecule has 1 heterocycles. The third kappa shape index (κ3) is 3.57. The van der Waals surface area contributed by atoms with Crippen LogP contribution in [0.25, 0.3) is 0 Å². The van der Waals surface area contributed by atoms with Gasteiger partial charge < -0.3 is 10.8 Å². The van der Waals surface area contributed by atoms with Crippen LogP contribution in [0.3, 0.4) is 0 Å². The third-order valence-corrected chi connectivity index (χ3v) is 1.88. The van der Waals surface area contributed by atoms with E-state index in [-0.39, 0.29) is 0 Å². The standard InChI is InChI=1S/C9H17N3O/c1-9(2,13)3-4-12-7-8(5-10)6-11-12/h6-7,13H,3-5,10H2,1-2H3. The average Bonchev–Trinajstić information content (AvgIpc) is 2.47. The van der Waals surface area contributed by atoms with Gasteiger partial charge in [-0.3, -0.25) is 4.68 Å². The maximum Gasteiger partial charge on any atom is 0.0609 e. The zero-order valence-electron chi connectivity index (χ0n) is 8.20. The molecule has 13 heavy (non-hydrogen) atoms. The van der Waals surface area contributed by atoms with Gasteiger partial charge in [-0.15, -0.1) is 0 Å². The van der Waals surface area contributed by atoms with E-state index in [0.717, 1.165) is 12.1 Å². The minimum Gasteiger partial charge on any atom is -0.390 e. The highest BCUT2D eigenvalue weighted by atomic mass is 16.3. The first-order chi connectivity index (χ1) is 6.01. The first-order valence-electron chi connectivity index (χ1n) is 4.45. The van der Waals surface area contributed by atoms with E-state index in [0.29, 0.717) is 13.0 Å². The number of nitrogens with zero attached hydrogens (tertiary/aromatic N) is 2. The first-order valence-corrected chi connectivity index (χ1v) is 4.45. The van der Waals surface area contributed by atoms with Crippen LogP contribution in [0.1, 0.15) is 25.8 Å². The summed E-state index contributed by atoms with van der Waals surface area (Å²) >= 11 is 0. The molecular formula is C9H17N3O. The fraction of sp³-hybridized carbons (Fsp3) is 0.667. The lowest BCUT2D eigenvalue weighted by Crippen LogP contribution is -2.21. The van der Waals surface area contributed by atoms with Crippen LogP contribution >= 0.6 is 0 Å². The number of aryl methyl sites for hydroxylation is 1. The zero-order chi connectivity index (χ0) is 9.90. The summed E-state index contributed by atoms with van der Waals surface area (Å²) in [6.45, 7) is 4.83. The highest BCUT2D eigenvalue weighted by Gasteiger charge is 2.12. The Bertz CT molecular complexity index is 262. The van der Waals surface area contributed by atoms with Crippen LogP contribution in [0.5, 0.6) is 0 Å². The summed E-state index contributed by atoms with van der Waals surface area (Å²) in [5.41, 5.74) is 5.84.